The summed E-state index contributed by atoms with van der Waals surface area (Å²) in [7, 11) is 0. The quantitative estimate of drug-likeness (QED) is 0.792. The van der Waals surface area contributed by atoms with Gasteiger partial charge >= 0.3 is 6.18 Å². The highest BCUT2D eigenvalue weighted by Gasteiger charge is 2.32. The zero-order valence-corrected chi connectivity index (χ0v) is 15.2. The number of amides is 2. The summed E-state index contributed by atoms with van der Waals surface area (Å²) >= 11 is 5.80. The van der Waals surface area contributed by atoms with Gasteiger partial charge in [0, 0.05) is 24.0 Å². The second-order valence-corrected chi connectivity index (χ2v) is 6.71. The van der Waals surface area contributed by atoms with Gasteiger partial charge in [0.25, 0.3) is 5.91 Å². The lowest BCUT2D eigenvalue weighted by molar-refractivity contribution is -0.137. The predicted octanol–water partition coefficient (Wildman–Crippen LogP) is 4.16. The van der Waals surface area contributed by atoms with Crippen molar-refractivity contribution in [2.45, 2.75) is 25.1 Å². The number of rotatable bonds is 4. The maximum absolute atomic E-state index is 13.1. The van der Waals surface area contributed by atoms with Crippen molar-refractivity contribution in [2.75, 3.05) is 6.54 Å². The molecule has 0 aromatic heterocycles. The van der Waals surface area contributed by atoms with Gasteiger partial charge in [-0.15, -0.1) is 0 Å². The van der Waals surface area contributed by atoms with E-state index in [0.29, 0.717) is 18.0 Å². The molecule has 1 aliphatic heterocycles. The van der Waals surface area contributed by atoms with Crippen LogP contribution < -0.4 is 15.4 Å². The molecule has 0 spiro atoms. The molecule has 0 saturated carbocycles. The first-order chi connectivity index (χ1) is 13.2. The van der Waals surface area contributed by atoms with Crippen molar-refractivity contribution in [3.05, 3.63) is 58.6 Å². The fourth-order valence-electron chi connectivity index (χ4n) is 2.77. The monoisotopic (exact) mass is 412 g/mol. The van der Waals surface area contributed by atoms with Crippen molar-refractivity contribution in [3.63, 3.8) is 0 Å². The summed E-state index contributed by atoms with van der Waals surface area (Å²) in [5.74, 6) is -0.816. The van der Waals surface area contributed by atoms with Gasteiger partial charge in [0.2, 0.25) is 5.91 Å². The van der Waals surface area contributed by atoms with Gasteiger partial charge in [0.1, 0.15) is 11.5 Å². The Hall–Kier alpha value is -2.74. The second kappa shape index (κ2) is 8.10. The van der Waals surface area contributed by atoms with E-state index in [1.54, 1.807) is 0 Å². The fourth-order valence-corrected chi connectivity index (χ4v) is 2.90. The first-order valence-electron chi connectivity index (χ1n) is 8.44. The van der Waals surface area contributed by atoms with Crippen molar-refractivity contribution in [2.24, 2.45) is 0 Å². The molecule has 0 aliphatic carbocycles. The first-order valence-corrected chi connectivity index (χ1v) is 8.82. The molecule has 2 amide bonds. The maximum Gasteiger partial charge on any atom is 0.416 e. The van der Waals surface area contributed by atoms with Gasteiger partial charge in [-0.05, 0) is 48.9 Å². The standard InChI is InChI=1S/C19H16ClF3N2O3/c20-12-2-4-14(5-3-12)28-16-9-11(19(21,22)23)1-6-15(16)18(27)25-13-7-8-24-17(26)10-13/h1-6,9,13H,7-8,10H2,(H,24,26)(H,25,27). The largest absolute Gasteiger partial charge is 0.457 e. The topological polar surface area (TPSA) is 67.4 Å². The molecule has 9 heteroatoms. The van der Waals surface area contributed by atoms with E-state index >= 15 is 0 Å². The minimum absolute atomic E-state index is 0.0612. The normalized spacial score (nSPS) is 17.0. The fraction of sp³-hybridized carbons (Fsp3) is 0.263. The molecule has 2 aromatic carbocycles. The number of piperidine rings is 1. The van der Waals surface area contributed by atoms with Crippen LogP contribution >= 0.6 is 11.6 Å². The zero-order chi connectivity index (χ0) is 20.3. The van der Waals surface area contributed by atoms with E-state index in [1.807, 2.05) is 0 Å². The summed E-state index contributed by atoms with van der Waals surface area (Å²) in [6.45, 7) is 0.422. The summed E-state index contributed by atoms with van der Waals surface area (Å²) < 4.78 is 44.8. The Labute approximate surface area is 163 Å². The van der Waals surface area contributed by atoms with Crippen molar-refractivity contribution in [1.29, 1.82) is 0 Å². The lowest BCUT2D eigenvalue weighted by atomic mass is 10.0. The molecule has 1 atom stereocenters. The lowest BCUT2D eigenvalue weighted by Gasteiger charge is -2.23. The Morgan fingerprint density at radius 3 is 2.54 bits per heavy atom. The number of ether oxygens (including phenoxy) is 1. The highest BCUT2D eigenvalue weighted by molar-refractivity contribution is 6.30. The van der Waals surface area contributed by atoms with Crippen molar-refractivity contribution < 1.29 is 27.5 Å². The maximum atomic E-state index is 13.1. The molecule has 2 aromatic rings. The SMILES string of the molecule is O=C1CC(NC(=O)c2ccc(C(F)(F)F)cc2Oc2ccc(Cl)cc2)CCN1. The van der Waals surface area contributed by atoms with E-state index in [-0.39, 0.29) is 29.4 Å². The highest BCUT2D eigenvalue weighted by atomic mass is 35.5. The van der Waals surface area contributed by atoms with E-state index in [2.05, 4.69) is 10.6 Å². The summed E-state index contributed by atoms with van der Waals surface area (Å²) in [5.41, 5.74) is -1.00. The van der Waals surface area contributed by atoms with E-state index in [1.165, 1.54) is 24.3 Å². The van der Waals surface area contributed by atoms with Gasteiger partial charge in [-0.1, -0.05) is 11.6 Å². The Balaban J connectivity index is 1.88. The molecule has 0 bridgehead atoms. The molecule has 28 heavy (non-hydrogen) atoms. The number of carbonyl (C=O) groups is 2. The number of nitrogens with one attached hydrogen (secondary N) is 2. The van der Waals surface area contributed by atoms with Crippen LogP contribution in [0.1, 0.15) is 28.8 Å². The first kappa shape index (κ1) is 20.0. The molecule has 148 valence electrons. The second-order valence-electron chi connectivity index (χ2n) is 6.28. The molecule has 5 nitrogen and oxygen atoms in total. The van der Waals surface area contributed by atoms with Crippen molar-refractivity contribution in [3.8, 4) is 11.5 Å². The summed E-state index contributed by atoms with van der Waals surface area (Å²) in [6.07, 6.45) is -3.94. The molecule has 1 saturated heterocycles. The van der Waals surface area contributed by atoms with Crippen LogP contribution in [0.15, 0.2) is 42.5 Å². The molecular weight excluding hydrogens is 397 g/mol. The Morgan fingerprint density at radius 2 is 1.89 bits per heavy atom. The van der Waals surface area contributed by atoms with Crippen LogP contribution in [0.3, 0.4) is 0 Å². The summed E-state index contributed by atoms with van der Waals surface area (Å²) in [5, 5.41) is 5.76. The number of halogens is 4. The Kier molecular flexibility index (Phi) is 5.79. The van der Waals surface area contributed by atoms with E-state index in [0.717, 1.165) is 18.2 Å². The average Bonchev–Trinajstić information content (AvgIpc) is 2.63. The molecule has 1 aliphatic rings. The van der Waals surface area contributed by atoms with Crippen molar-refractivity contribution in [1.82, 2.24) is 10.6 Å². The third kappa shape index (κ3) is 4.95. The minimum Gasteiger partial charge on any atom is -0.457 e. The third-order valence-electron chi connectivity index (χ3n) is 4.18. The van der Waals surface area contributed by atoms with Crippen LogP contribution in [-0.4, -0.2) is 24.4 Å². The van der Waals surface area contributed by atoms with Crippen LogP contribution in [-0.2, 0) is 11.0 Å². The van der Waals surface area contributed by atoms with Gasteiger partial charge in [0.15, 0.2) is 0 Å². The van der Waals surface area contributed by atoms with Gasteiger partial charge < -0.3 is 15.4 Å². The molecule has 1 unspecified atom stereocenters. The number of hydrogen-bond acceptors (Lipinski definition) is 3. The zero-order valence-electron chi connectivity index (χ0n) is 14.5. The van der Waals surface area contributed by atoms with Crippen LogP contribution in [0.5, 0.6) is 11.5 Å². The molecule has 1 heterocycles. The van der Waals surface area contributed by atoms with Gasteiger partial charge in [-0.3, -0.25) is 9.59 Å². The predicted molar refractivity (Wildman–Crippen MR) is 96.5 cm³/mol. The van der Waals surface area contributed by atoms with E-state index in [9.17, 15) is 22.8 Å². The molecular formula is C19H16ClF3N2O3. The van der Waals surface area contributed by atoms with E-state index < -0.39 is 23.7 Å². The minimum atomic E-state index is -4.59. The third-order valence-corrected chi connectivity index (χ3v) is 4.43. The van der Waals surface area contributed by atoms with Gasteiger partial charge in [0.05, 0.1) is 11.1 Å². The number of carbonyl (C=O) groups excluding carboxylic acids is 2. The number of benzene rings is 2. The Bertz CT molecular complexity index is 885. The average molecular weight is 413 g/mol. The number of hydrogen-bond donors (Lipinski definition) is 2. The van der Waals surface area contributed by atoms with Crippen molar-refractivity contribution >= 4 is 23.4 Å². The van der Waals surface area contributed by atoms with E-state index in [4.69, 9.17) is 16.3 Å². The van der Waals surface area contributed by atoms with Gasteiger partial charge in [-0.2, -0.15) is 13.2 Å². The summed E-state index contributed by atoms with van der Waals surface area (Å²) in [6, 6.07) is 8.26. The Morgan fingerprint density at radius 1 is 1.18 bits per heavy atom. The van der Waals surface area contributed by atoms with Crippen LogP contribution in [0.2, 0.25) is 5.02 Å². The molecule has 2 N–H and O–H groups in total. The molecule has 0 radical (unpaired) electrons. The highest BCUT2D eigenvalue weighted by Crippen LogP contribution is 2.35. The lowest BCUT2D eigenvalue weighted by Crippen LogP contribution is -2.45. The molecule has 3 rings (SSSR count). The smallest absolute Gasteiger partial charge is 0.416 e. The van der Waals surface area contributed by atoms with Crippen LogP contribution in [0.25, 0.3) is 0 Å². The summed E-state index contributed by atoms with van der Waals surface area (Å²) in [4.78, 5) is 24.1. The van der Waals surface area contributed by atoms with Gasteiger partial charge in [-0.25, -0.2) is 0 Å². The molecule has 1 fully saturated rings. The number of alkyl halides is 3. The van der Waals surface area contributed by atoms with Crippen LogP contribution in [0, 0.1) is 0 Å². The van der Waals surface area contributed by atoms with Crippen LogP contribution in [0.4, 0.5) is 13.2 Å².